The number of carbonyl (C=O) groups excluding carboxylic acids is 1. The third-order valence-corrected chi connectivity index (χ3v) is 5.88. The number of aryl methyl sites for hydroxylation is 2. The van der Waals surface area contributed by atoms with Gasteiger partial charge >= 0.3 is 5.97 Å². The van der Waals surface area contributed by atoms with Crippen LogP contribution in [0.3, 0.4) is 0 Å². The lowest BCUT2D eigenvalue weighted by Crippen LogP contribution is -2.35. The van der Waals surface area contributed by atoms with Crippen molar-refractivity contribution < 1.29 is 19.0 Å². The van der Waals surface area contributed by atoms with Crippen LogP contribution in [0, 0.1) is 0 Å². The van der Waals surface area contributed by atoms with Gasteiger partial charge < -0.3 is 24.8 Å². The Bertz CT molecular complexity index is 814. The second-order valence-electron chi connectivity index (χ2n) is 7.95. The Kier molecular flexibility index (Phi) is 11.4. The standard InChI is InChI=1S/C25H36N2O4S/c1-27(2)17-22(31-25(28)16-15-24(26)32-4)18-30-23-8-6-5-7-20(23)12-9-19-10-13-21(29-3)14-11-19/h5-8,10-11,13-14,22,24H,9,12,15-18,26H2,1-4H3/t22-,24-/m0/s1. The van der Waals surface area contributed by atoms with E-state index in [2.05, 4.69) is 18.2 Å². The third kappa shape index (κ3) is 9.51. The quantitative estimate of drug-likeness (QED) is 0.340. The van der Waals surface area contributed by atoms with Gasteiger partial charge in [0.2, 0.25) is 0 Å². The number of thioether (sulfide) groups is 1. The zero-order valence-corrected chi connectivity index (χ0v) is 20.4. The fourth-order valence-corrected chi connectivity index (χ4v) is 3.61. The Hall–Kier alpha value is -2.22. The van der Waals surface area contributed by atoms with E-state index >= 15 is 0 Å². The summed E-state index contributed by atoms with van der Waals surface area (Å²) in [6.45, 7) is 0.895. The Morgan fingerprint density at radius 2 is 1.81 bits per heavy atom. The highest BCUT2D eigenvalue weighted by Crippen LogP contribution is 2.21. The average Bonchev–Trinajstić information content (AvgIpc) is 2.80. The van der Waals surface area contributed by atoms with Crippen molar-refractivity contribution in [2.75, 3.05) is 40.6 Å². The number of benzene rings is 2. The molecule has 0 saturated carbocycles. The van der Waals surface area contributed by atoms with E-state index in [4.69, 9.17) is 19.9 Å². The molecule has 0 aliphatic carbocycles. The molecule has 0 fully saturated rings. The van der Waals surface area contributed by atoms with Crippen molar-refractivity contribution in [2.45, 2.75) is 37.2 Å². The predicted molar refractivity (Wildman–Crippen MR) is 131 cm³/mol. The number of nitrogens with two attached hydrogens (primary N) is 1. The summed E-state index contributed by atoms with van der Waals surface area (Å²) in [7, 11) is 5.57. The summed E-state index contributed by atoms with van der Waals surface area (Å²) in [6, 6.07) is 16.1. The first-order valence-corrected chi connectivity index (χ1v) is 12.2. The Morgan fingerprint density at radius 1 is 1.09 bits per heavy atom. The summed E-state index contributed by atoms with van der Waals surface area (Å²) < 4.78 is 17.0. The number of hydrogen-bond donors (Lipinski definition) is 1. The lowest BCUT2D eigenvalue weighted by atomic mass is 10.0. The van der Waals surface area contributed by atoms with Crippen LogP contribution < -0.4 is 15.2 Å². The van der Waals surface area contributed by atoms with E-state index in [0.29, 0.717) is 26.0 Å². The van der Waals surface area contributed by atoms with Gasteiger partial charge in [0.25, 0.3) is 0 Å². The summed E-state index contributed by atoms with van der Waals surface area (Å²) in [4.78, 5) is 14.3. The van der Waals surface area contributed by atoms with Gasteiger partial charge in [0.15, 0.2) is 0 Å². The Labute approximate surface area is 196 Å². The highest BCUT2D eigenvalue weighted by Gasteiger charge is 2.18. The van der Waals surface area contributed by atoms with Gasteiger partial charge in [0.1, 0.15) is 24.2 Å². The monoisotopic (exact) mass is 460 g/mol. The minimum absolute atomic E-state index is 0.0522. The number of ether oxygens (including phenoxy) is 3. The molecule has 7 heteroatoms. The molecule has 0 heterocycles. The molecule has 0 aliphatic rings. The number of esters is 1. The minimum Gasteiger partial charge on any atom is -0.497 e. The molecule has 32 heavy (non-hydrogen) atoms. The second kappa shape index (κ2) is 14.0. The van der Waals surface area contributed by atoms with E-state index < -0.39 is 0 Å². The zero-order chi connectivity index (χ0) is 23.3. The normalized spacial score (nSPS) is 12.9. The van der Waals surface area contributed by atoms with Gasteiger partial charge in [-0.25, -0.2) is 0 Å². The number of hydrogen-bond acceptors (Lipinski definition) is 7. The van der Waals surface area contributed by atoms with Crippen LogP contribution in [0.5, 0.6) is 11.5 Å². The van der Waals surface area contributed by atoms with E-state index in [9.17, 15) is 4.79 Å². The van der Waals surface area contributed by atoms with Crippen LogP contribution >= 0.6 is 11.8 Å². The van der Waals surface area contributed by atoms with Crippen molar-refractivity contribution in [3.8, 4) is 11.5 Å². The maximum atomic E-state index is 12.3. The molecule has 2 atom stereocenters. The Morgan fingerprint density at radius 3 is 2.47 bits per heavy atom. The van der Waals surface area contributed by atoms with Gasteiger partial charge in [0.05, 0.1) is 12.5 Å². The predicted octanol–water partition coefficient (Wildman–Crippen LogP) is 3.76. The number of likely N-dealkylation sites (N-methyl/N-ethyl adjacent to an activating group) is 1. The first-order chi connectivity index (χ1) is 15.4. The minimum atomic E-state index is -0.349. The highest BCUT2D eigenvalue weighted by atomic mass is 32.2. The van der Waals surface area contributed by atoms with Crippen molar-refractivity contribution in [1.29, 1.82) is 0 Å². The van der Waals surface area contributed by atoms with Crippen LogP contribution in [-0.4, -0.2) is 63.0 Å². The number of para-hydroxylation sites is 1. The zero-order valence-electron chi connectivity index (χ0n) is 19.6. The molecule has 0 amide bonds. The molecule has 2 aromatic rings. The molecule has 176 valence electrons. The molecule has 0 radical (unpaired) electrons. The van der Waals surface area contributed by atoms with Crippen LogP contribution in [0.2, 0.25) is 0 Å². The van der Waals surface area contributed by atoms with Crippen molar-refractivity contribution >= 4 is 17.7 Å². The number of methoxy groups -OCH3 is 1. The first-order valence-electron chi connectivity index (χ1n) is 10.9. The fourth-order valence-electron chi connectivity index (χ4n) is 3.26. The van der Waals surface area contributed by atoms with Crippen LogP contribution in [0.4, 0.5) is 0 Å². The van der Waals surface area contributed by atoms with E-state index in [1.807, 2.05) is 55.6 Å². The molecule has 0 aliphatic heterocycles. The third-order valence-electron chi connectivity index (χ3n) is 5.04. The van der Waals surface area contributed by atoms with Crippen molar-refractivity contribution in [2.24, 2.45) is 5.73 Å². The molecule has 2 N–H and O–H groups in total. The summed E-state index contributed by atoms with van der Waals surface area (Å²) in [5.74, 6) is 1.44. The summed E-state index contributed by atoms with van der Waals surface area (Å²) >= 11 is 1.54. The SMILES string of the molecule is COc1ccc(CCc2ccccc2OC[C@H](CN(C)C)OC(=O)CC[C@@H](N)SC)cc1. The van der Waals surface area contributed by atoms with Crippen LogP contribution in [0.15, 0.2) is 48.5 Å². The summed E-state index contributed by atoms with van der Waals surface area (Å²) in [5, 5.41) is -0.0522. The van der Waals surface area contributed by atoms with Gasteiger partial charge in [-0.15, -0.1) is 11.8 Å². The molecule has 0 saturated heterocycles. The summed E-state index contributed by atoms with van der Waals surface area (Å²) in [6.07, 6.45) is 4.25. The highest BCUT2D eigenvalue weighted by molar-refractivity contribution is 7.99. The molecule has 6 nitrogen and oxygen atoms in total. The lowest BCUT2D eigenvalue weighted by molar-refractivity contribution is -0.151. The molecule has 0 spiro atoms. The second-order valence-corrected chi connectivity index (χ2v) is 9.03. The van der Waals surface area contributed by atoms with Crippen LogP contribution in [0.25, 0.3) is 0 Å². The lowest BCUT2D eigenvalue weighted by Gasteiger charge is -2.23. The van der Waals surface area contributed by atoms with Crippen molar-refractivity contribution in [1.82, 2.24) is 4.90 Å². The van der Waals surface area contributed by atoms with Gasteiger partial charge in [-0.2, -0.15) is 0 Å². The Balaban J connectivity index is 1.94. The van der Waals surface area contributed by atoms with Gasteiger partial charge in [-0.1, -0.05) is 30.3 Å². The molecule has 0 aromatic heterocycles. The van der Waals surface area contributed by atoms with Crippen LogP contribution in [-0.2, 0) is 22.4 Å². The largest absolute Gasteiger partial charge is 0.497 e. The molecular weight excluding hydrogens is 424 g/mol. The van der Waals surface area contributed by atoms with Crippen molar-refractivity contribution in [3.63, 3.8) is 0 Å². The van der Waals surface area contributed by atoms with Gasteiger partial charge in [-0.3, -0.25) is 4.79 Å². The topological polar surface area (TPSA) is 74.0 Å². The smallest absolute Gasteiger partial charge is 0.306 e. The number of nitrogens with zero attached hydrogens (tertiary/aromatic N) is 1. The fraction of sp³-hybridized carbons (Fsp3) is 0.480. The number of rotatable bonds is 14. The average molecular weight is 461 g/mol. The van der Waals surface area contributed by atoms with E-state index in [-0.39, 0.29) is 17.4 Å². The van der Waals surface area contributed by atoms with Gasteiger partial charge in [-0.05, 0) is 68.9 Å². The molecule has 0 bridgehead atoms. The van der Waals surface area contributed by atoms with E-state index in [1.54, 1.807) is 18.9 Å². The number of carbonyl (C=O) groups is 1. The summed E-state index contributed by atoms with van der Waals surface area (Å²) in [5.41, 5.74) is 8.25. The molecule has 2 aromatic carbocycles. The first kappa shape index (κ1) is 26.0. The molecule has 2 rings (SSSR count). The molecule has 0 unspecified atom stereocenters. The van der Waals surface area contributed by atoms with Gasteiger partial charge in [0, 0.05) is 13.0 Å². The van der Waals surface area contributed by atoms with Crippen LogP contribution in [0.1, 0.15) is 24.0 Å². The van der Waals surface area contributed by atoms with E-state index in [1.165, 1.54) is 5.56 Å². The maximum Gasteiger partial charge on any atom is 0.306 e. The van der Waals surface area contributed by atoms with E-state index in [0.717, 1.165) is 29.9 Å². The molecular formula is C25H36N2O4S. The maximum absolute atomic E-state index is 12.3. The van der Waals surface area contributed by atoms with Crippen molar-refractivity contribution in [3.05, 3.63) is 59.7 Å².